The minimum absolute atomic E-state index is 0.326. The summed E-state index contributed by atoms with van der Waals surface area (Å²) in [5.41, 5.74) is 8.74. The molecule has 104 valence electrons. The molecule has 1 nitrogen and oxygen atoms in total. The van der Waals surface area contributed by atoms with Gasteiger partial charge in [0, 0.05) is 6.54 Å². The van der Waals surface area contributed by atoms with Crippen LogP contribution in [0, 0.1) is 5.41 Å². The molecule has 0 heterocycles. The summed E-state index contributed by atoms with van der Waals surface area (Å²) in [5, 5.41) is 0. The molecule has 0 aromatic carbocycles. The van der Waals surface area contributed by atoms with Gasteiger partial charge in [-0.25, -0.2) is 0 Å². The predicted molar refractivity (Wildman–Crippen MR) is 85.9 cm³/mol. The Kier molecular flexibility index (Phi) is 6.58. The second-order valence-electron chi connectivity index (χ2n) is 5.72. The van der Waals surface area contributed by atoms with E-state index in [1.54, 1.807) is 5.57 Å². The SMILES string of the molecule is CC1=C(/C=C/C=C/C=C/C=C/CN)C(C)(C)CCC1. The van der Waals surface area contributed by atoms with E-state index in [-0.39, 0.29) is 0 Å². The normalized spacial score (nSPS) is 20.6. The van der Waals surface area contributed by atoms with Crippen LogP contribution in [0.5, 0.6) is 0 Å². The van der Waals surface area contributed by atoms with Crippen molar-refractivity contribution in [3.05, 3.63) is 59.8 Å². The average molecular weight is 257 g/mol. The van der Waals surface area contributed by atoms with Gasteiger partial charge in [-0.05, 0) is 37.2 Å². The van der Waals surface area contributed by atoms with E-state index in [1.807, 2.05) is 30.4 Å². The van der Waals surface area contributed by atoms with Crippen molar-refractivity contribution in [1.82, 2.24) is 0 Å². The van der Waals surface area contributed by atoms with Crippen molar-refractivity contribution in [3.63, 3.8) is 0 Å². The monoisotopic (exact) mass is 257 g/mol. The van der Waals surface area contributed by atoms with Crippen LogP contribution >= 0.6 is 0 Å². The summed E-state index contributed by atoms with van der Waals surface area (Å²) in [5.74, 6) is 0. The topological polar surface area (TPSA) is 26.0 Å². The van der Waals surface area contributed by atoms with Gasteiger partial charge >= 0.3 is 0 Å². The Hall–Kier alpha value is -1.34. The molecule has 0 aliphatic heterocycles. The van der Waals surface area contributed by atoms with Gasteiger partial charge in [-0.15, -0.1) is 0 Å². The molecule has 0 amide bonds. The van der Waals surface area contributed by atoms with Gasteiger partial charge < -0.3 is 5.73 Å². The zero-order chi connectivity index (χ0) is 14.1. The van der Waals surface area contributed by atoms with E-state index in [1.165, 1.54) is 24.8 Å². The predicted octanol–water partition coefficient (Wildman–Crippen LogP) is 4.70. The van der Waals surface area contributed by atoms with Crippen LogP contribution in [0.3, 0.4) is 0 Å². The zero-order valence-electron chi connectivity index (χ0n) is 12.5. The van der Waals surface area contributed by atoms with Gasteiger partial charge in [-0.2, -0.15) is 0 Å². The number of hydrogen-bond donors (Lipinski definition) is 1. The fraction of sp³-hybridized carbons (Fsp3) is 0.444. The van der Waals surface area contributed by atoms with E-state index in [0.717, 1.165) is 0 Å². The minimum atomic E-state index is 0.326. The number of allylic oxidation sites excluding steroid dienone is 9. The molecule has 0 unspecified atom stereocenters. The number of rotatable bonds is 5. The molecule has 0 saturated carbocycles. The molecule has 2 N–H and O–H groups in total. The lowest BCUT2D eigenvalue weighted by Gasteiger charge is -2.32. The Morgan fingerprint density at radius 3 is 2.32 bits per heavy atom. The maximum atomic E-state index is 5.36. The minimum Gasteiger partial charge on any atom is -0.327 e. The van der Waals surface area contributed by atoms with E-state index >= 15 is 0 Å². The molecule has 19 heavy (non-hydrogen) atoms. The highest BCUT2D eigenvalue weighted by Crippen LogP contribution is 2.40. The lowest BCUT2D eigenvalue weighted by Crippen LogP contribution is -2.18. The highest BCUT2D eigenvalue weighted by Gasteiger charge is 2.26. The van der Waals surface area contributed by atoms with E-state index in [0.29, 0.717) is 12.0 Å². The van der Waals surface area contributed by atoms with Gasteiger partial charge in [-0.1, -0.05) is 68.0 Å². The lowest BCUT2D eigenvalue weighted by atomic mass is 9.73. The molecule has 0 fully saturated rings. The Balaban J connectivity index is 2.59. The summed E-state index contributed by atoms with van der Waals surface area (Å²) in [6.45, 7) is 7.55. The fourth-order valence-corrected chi connectivity index (χ4v) is 2.58. The van der Waals surface area contributed by atoms with E-state index < -0.39 is 0 Å². The van der Waals surface area contributed by atoms with Crippen LogP contribution in [-0.2, 0) is 0 Å². The van der Waals surface area contributed by atoms with Crippen LogP contribution in [0.2, 0.25) is 0 Å². The summed E-state index contributed by atoms with van der Waals surface area (Å²) in [4.78, 5) is 0. The van der Waals surface area contributed by atoms with E-state index in [9.17, 15) is 0 Å². The summed E-state index contributed by atoms with van der Waals surface area (Å²) < 4.78 is 0. The van der Waals surface area contributed by atoms with E-state index in [2.05, 4.69) is 39.0 Å². The lowest BCUT2D eigenvalue weighted by molar-refractivity contribution is 0.377. The molecule has 1 aliphatic rings. The first-order chi connectivity index (χ1) is 9.08. The van der Waals surface area contributed by atoms with Crippen molar-refractivity contribution in [2.75, 3.05) is 6.54 Å². The quantitative estimate of drug-likeness (QED) is 0.710. The molecule has 0 atom stereocenters. The standard InChI is InChI=1S/C18H27N/c1-16-12-11-14-18(2,3)17(16)13-9-7-5-4-6-8-10-15-19/h4-10,13H,11-12,14-15,19H2,1-3H3/b6-4+,7-5+,10-8+,13-9+. The molecule has 1 heteroatoms. The average Bonchev–Trinajstić information content (AvgIpc) is 2.35. The first-order valence-electron chi connectivity index (χ1n) is 7.15. The zero-order valence-corrected chi connectivity index (χ0v) is 12.5. The maximum absolute atomic E-state index is 5.36. The van der Waals surface area contributed by atoms with Crippen LogP contribution in [0.4, 0.5) is 0 Å². The molecule has 0 aromatic heterocycles. The third-order valence-electron chi connectivity index (χ3n) is 3.63. The molecular weight excluding hydrogens is 230 g/mol. The molecule has 0 aromatic rings. The highest BCUT2D eigenvalue weighted by atomic mass is 14.5. The van der Waals surface area contributed by atoms with Crippen LogP contribution in [0.1, 0.15) is 40.0 Å². The van der Waals surface area contributed by atoms with Crippen molar-refractivity contribution in [2.24, 2.45) is 11.1 Å². The summed E-state index contributed by atoms with van der Waals surface area (Å²) in [6.07, 6.45) is 20.3. The van der Waals surface area contributed by atoms with Gasteiger partial charge in [0.1, 0.15) is 0 Å². The van der Waals surface area contributed by atoms with Crippen molar-refractivity contribution >= 4 is 0 Å². The van der Waals surface area contributed by atoms with Crippen LogP contribution in [0.25, 0.3) is 0 Å². The third kappa shape index (κ3) is 5.44. The maximum Gasteiger partial charge on any atom is 0.0109 e. The first-order valence-corrected chi connectivity index (χ1v) is 7.15. The first kappa shape index (κ1) is 15.7. The van der Waals surface area contributed by atoms with Crippen molar-refractivity contribution in [1.29, 1.82) is 0 Å². The number of nitrogens with two attached hydrogens (primary N) is 1. The van der Waals surface area contributed by atoms with Crippen LogP contribution in [0.15, 0.2) is 59.8 Å². The van der Waals surface area contributed by atoms with Gasteiger partial charge in [-0.3, -0.25) is 0 Å². The molecule has 1 rings (SSSR count). The summed E-state index contributed by atoms with van der Waals surface area (Å²) in [7, 11) is 0. The Morgan fingerprint density at radius 1 is 1.05 bits per heavy atom. The molecule has 0 radical (unpaired) electrons. The Labute approximate surface area is 118 Å². The third-order valence-corrected chi connectivity index (χ3v) is 3.63. The van der Waals surface area contributed by atoms with Crippen LogP contribution < -0.4 is 5.73 Å². The van der Waals surface area contributed by atoms with Gasteiger partial charge in [0.05, 0.1) is 0 Å². The largest absolute Gasteiger partial charge is 0.327 e. The Morgan fingerprint density at radius 2 is 1.68 bits per heavy atom. The van der Waals surface area contributed by atoms with Gasteiger partial charge in [0.2, 0.25) is 0 Å². The Bertz CT molecular complexity index is 417. The number of hydrogen-bond acceptors (Lipinski definition) is 1. The van der Waals surface area contributed by atoms with Crippen LogP contribution in [-0.4, -0.2) is 6.54 Å². The van der Waals surface area contributed by atoms with Crippen molar-refractivity contribution in [3.8, 4) is 0 Å². The smallest absolute Gasteiger partial charge is 0.0109 e. The van der Waals surface area contributed by atoms with Crippen molar-refractivity contribution < 1.29 is 0 Å². The van der Waals surface area contributed by atoms with Gasteiger partial charge in [0.25, 0.3) is 0 Å². The second-order valence-corrected chi connectivity index (χ2v) is 5.72. The molecule has 1 aliphatic carbocycles. The second kappa shape index (κ2) is 7.96. The van der Waals surface area contributed by atoms with E-state index in [4.69, 9.17) is 5.73 Å². The molecular formula is C18H27N. The molecule has 0 spiro atoms. The highest BCUT2D eigenvalue weighted by molar-refractivity contribution is 5.34. The summed E-state index contributed by atoms with van der Waals surface area (Å²) >= 11 is 0. The van der Waals surface area contributed by atoms with Gasteiger partial charge in [0.15, 0.2) is 0 Å². The van der Waals surface area contributed by atoms with Crippen molar-refractivity contribution in [2.45, 2.75) is 40.0 Å². The molecule has 0 saturated heterocycles. The fourth-order valence-electron chi connectivity index (χ4n) is 2.58. The summed E-state index contributed by atoms with van der Waals surface area (Å²) in [6, 6.07) is 0. The molecule has 0 bridgehead atoms.